The number of H-pyrrole nitrogens is 1. The molecular weight excluding hydrogens is 460 g/mol. The van der Waals surface area contributed by atoms with Gasteiger partial charge in [-0.3, -0.25) is 14.4 Å². The molecule has 7 nitrogen and oxygen atoms in total. The molecule has 5 rings (SSSR count). The predicted octanol–water partition coefficient (Wildman–Crippen LogP) is 2.37. The second-order valence-electron chi connectivity index (χ2n) is 8.04. The van der Waals surface area contributed by atoms with Crippen LogP contribution in [0, 0.1) is 0 Å². The van der Waals surface area contributed by atoms with E-state index in [-0.39, 0.29) is 23.8 Å². The standard InChI is InChI=1S/C23H21BrN4O3/c24-15-7-5-13(6-8-15)21(29)26-16-10-20-22(30)27-19(23(31)28(20)12-16)9-14-11-25-18-4-2-1-3-17(14)18/h1-8,11,16,19-20,25H,9-10,12H2,(H,26,29)(H,27,30)/t16-,19-,20-/m0/s1. The molecule has 2 saturated heterocycles. The molecule has 8 heteroatoms. The van der Waals surface area contributed by atoms with Crippen LogP contribution < -0.4 is 10.6 Å². The van der Waals surface area contributed by atoms with Gasteiger partial charge in [-0.15, -0.1) is 0 Å². The minimum Gasteiger partial charge on any atom is -0.361 e. The van der Waals surface area contributed by atoms with E-state index in [1.54, 1.807) is 29.2 Å². The first kappa shape index (κ1) is 19.8. The van der Waals surface area contributed by atoms with Crippen LogP contribution in [0.25, 0.3) is 10.9 Å². The third-order valence-corrected chi connectivity index (χ3v) is 6.57. The third kappa shape index (κ3) is 3.72. The smallest absolute Gasteiger partial charge is 0.251 e. The van der Waals surface area contributed by atoms with Crippen LogP contribution in [0.5, 0.6) is 0 Å². The van der Waals surface area contributed by atoms with Crippen LogP contribution in [0.3, 0.4) is 0 Å². The highest BCUT2D eigenvalue weighted by Crippen LogP contribution is 2.26. The van der Waals surface area contributed by atoms with E-state index in [4.69, 9.17) is 0 Å². The second-order valence-corrected chi connectivity index (χ2v) is 8.96. The fraction of sp³-hybridized carbons (Fsp3) is 0.261. The quantitative estimate of drug-likeness (QED) is 0.534. The maximum Gasteiger partial charge on any atom is 0.251 e. The predicted molar refractivity (Wildman–Crippen MR) is 119 cm³/mol. The van der Waals surface area contributed by atoms with Gasteiger partial charge < -0.3 is 20.5 Å². The molecule has 1 aromatic heterocycles. The van der Waals surface area contributed by atoms with Crippen molar-refractivity contribution < 1.29 is 14.4 Å². The van der Waals surface area contributed by atoms with Crippen molar-refractivity contribution in [3.63, 3.8) is 0 Å². The molecule has 2 aliphatic rings. The van der Waals surface area contributed by atoms with Gasteiger partial charge in [0, 0.05) is 46.1 Å². The van der Waals surface area contributed by atoms with Crippen molar-refractivity contribution in [1.82, 2.24) is 20.5 Å². The van der Waals surface area contributed by atoms with E-state index in [0.717, 1.165) is 20.9 Å². The summed E-state index contributed by atoms with van der Waals surface area (Å²) in [5.74, 6) is -0.472. The second kappa shape index (κ2) is 7.85. The van der Waals surface area contributed by atoms with E-state index in [1.165, 1.54) is 0 Å². The summed E-state index contributed by atoms with van der Waals surface area (Å²) in [5.41, 5.74) is 2.54. The molecule has 2 aromatic carbocycles. The number of carbonyl (C=O) groups excluding carboxylic acids is 3. The maximum atomic E-state index is 13.1. The Hall–Kier alpha value is -3.13. The number of fused-ring (bicyclic) bond motifs is 2. The number of aromatic amines is 1. The van der Waals surface area contributed by atoms with Crippen molar-refractivity contribution >= 4 is 44.6 Å². The van der Waals surface area contributed by atoms with E-state index in [2.05, 4.69) is 31.5 Å². The zero-order valence-corrected chi connectivity index (χ0v) is 18.2. The van der Waals surface area contributed by atoms with Crippen molar-refractivity contribution in [2.75, 3.05) is 6.54 Å². The van der Waals surface area contributed by atoms with Gasteiger partial charge in [-0.05, 0) is 42.3 Å². The average Bonchev–Trinajstić information content (AvgIpc) is 3.37. The largest absolute Gasteiger partial charge is 0.361 e. The highest BCUT2D eigenvalue weighted by molar-refractivity contribution is 9.10. The number of aromatic nitrogens is 1. The number of benzene rings is 2. The number of rotatable bonds is 4. The maximum absolute atomic E-state index is 13.1. The number of nitrogens with zero attached hydrogens (tertiary/aromatic N) is 1. The van der Waals surface area contributed by atoms with E-state index in [9.17, 15) is 14.4 Å². The van der Waals surface area contributed by atoms with E-state index >= 15 is 0 Å². The van der Waals surface area contributed by atoms with Crippen LogP contribution in [-0.4, -0.2) is 52.3 Å². The molecule has 0 spiro atoms. The van der Waals surface area contributed by atoms with Gasteiger partial charge in [-0.25, -0.2) is 0 Å². The lowest BCUT2D eigenvalue weighted by atomic mass is 10.0. The lowest BCUT2D eigenvalue weighted by Gasteiger charge is -2.34. The lowest BCUT2D eigenvalue weighted by Crippen LogP contribution is -2.61. The molecule has 0 unspecified atom stereocenters. The van der Waals surface area contributed by atoms with Crippen molar-refractivity contribution in [3.8, 4) is 0 Å². The van der Waals surface area contributed by atoms with E-state index < -0.39 is 12.1 Å². The average molecular weight is 481 g/mol. The summed E-state index contributed by atoms with van der Waals surface area (Å²) < 4.78 is 0.894. The molecule has 3 N–H and O–H groups in total. The van der Waals surface area contributed by atoms with Gasteiger partial charge in [0.25, 0.3) is 5.91 Å². The Bertz CT molecular complexity index is 1170. The number of halogens is 1. The van der Waals surface area contributed by atoms with E-state index in [0.29, 0.717) is 24.9 Å². The van der Waals surface area contributed by atoms with Gasteiger partial charge in [0.05, 0.1) is 0 Å². The molecule has 31 heavy (non-hydrogen) atoms. The Labute approximate surface area is 187 Å². The van der Waals surface area contributed by atoms with Crippen molar-refractivity contribution in [3.05, 3.63) is 70.3 Å². The molecule has 0 saturated carbocycles. The zero-order chi connectivity index (χ0) is 21.5. The fourth-order valence-electron chi connectivity index (χ4n) is 4.49. The number of nitrogens with one attached hydrogen (secondary N) is 3. The molecule has 3 amide bonds. The molecule has 2 fully saturated rings. The Morgan fingerprint density at radius 3 is 2.71 bits per heavy atom. The third-order valence-electron chi connectivity index (χ3n) is 6.04. The van der Waals surface area contributed by atoms with Crippen LogP contribution in [0.1, 0.15) is 22.3 Å². The highest BCUT2D eigenvalue weighted by atomic mass is 79.9. The molecule has 158 valence electrons. The lowest BCUT2D eigenvalue weighted by molar-refractivity contribution is -0.146. The molecule has 3 aromatic rings. The minimum atomic E-state index is -0.608. The number of carbonyl (C=O) groups is 3. The summed E-state index contributed by atoms with van der Waals surface area (Å²) in [6.07, 6.45) is 2.73. The molecular formula is C23H21BrN4O3. The van der Waals surface area contributed by atoms with Crippen LogP contribution in [0.4, 0.5) is 0 Å². The van der Waals surface area contributed by atoms with Gasteiger partial charge in [-0.1, -0.05) is 34.1 Å². The molecule has 0 bridgehead atoms. The Morgan fingerprint density at radius 1 is 1.13 bits per heavy atom. The monoisotopic (exact) mass is 480 g/mol. The van der Waals surface area contributed by atoms with Crippen molar-refractivity contribution in [2.24, 2.45) is 0 Å². The number of hydrogen-bond donors (Lipinski definition) is 3. The molecule has 3 heterocycles. The summed E-state index contributed by atoms with van der Waals surface area (Å²) in [5, 5.41) is 6.90. The van der Waals surface area contributed by atoms with Gasteiger partial charge in [0.2, 0.25) is 11.8 Å². The molecule has 0 radical (unpaired) electrons. The van der Waals surface area contributed by atoms with Crippen LogP contribution in [-0.2, 0) is 16.0 Å². The normalized spacial score (nSPS) is 23.0. The van der Waals surface area contributed by atoms with Gasteiger partial charge in [0.15, 0.2) is 0 Å². The van der Waals surface area contributed by atoms with E-state index in [1.807, 2.05) is 30.5 Å². The highest BCUT2D eigenvalue weighted by Gasteiger charge is 2.46. The number of piperazine rings is 1. The molecule has 2 aliphatic heterocycles. The molecule has 0 aliphatic carbocycles. The Morgan fingerprint density at radius 2 is 1.90 bits per heavy atom. The summed E-state index contributed by atoms with van der Waals surface area (Å²) in [7, 11) is 0. The number of para-hydroxylation sites is 1. The van der Waals surface area contributed by atoms with Crippen molar-refractivity contribution in [2.45, 2.75) is 31.0 Å². The first-order valence-corrected chi connectivity index (χ1v) is 11.0. The number of hydrogen-bond acceptors (Lipinski definition) is 3. The minimum absolute atomic E-state index is 0.102. The van der Waals surface area contributed by atoms with Crippen LogP contribution in [0.2, 0.25) is 0 Å². The van der Waals surface area contributed by atoms with Gasteiger partial charge in [0.1, 0.15) is 12.1 Å². The van der Waals surface area contributed by atoms with Gasteiger partial charge >= 0.3 is 0 Å². The molecule has 3 atom stereocenters. The SMILES string of the molecule is O=C(N[C@H]1C[C@H]2C(=O)N[C@@H](Cc3c[nH]c4ccccc34)C(=O)N2C1)c1ccc(Br)cc1. The Balaban J connectivity index is 1.28. The summed E-state index contributed by atoms with van der Waals surface area (Å²) in [6, 6.07) is 13.6. The number of amides is 3. The Kier molecular flexibility index (Phi) is 5.02. The fourth-order valence-corrected chi connectivity index (χ4v) is 4.76. The summed E-state index contributed by atoms with van der Waals surface area (Å²) in [4.78, 5) is 43.2. The van der Waals surface area contributed by atoms with Crippen LogP contribution >= 0.6 is 15.9 Å². The topological polar surface area (TPSA) is 94.3 Å². The van der Waals surface area contributed by atoms with Crippen molar-refractivity contribution in [1.29, 1.82) is 0 Å². The van der Waals surface area contributed by atoms with Crippen LogP contribution in [0.15, 0.2) is 59.2 Å². The zero-order valence-electron chi connectivity index (χ0n) is 16.6. The first-order valence-electron chi connectivity index (χ1n) is 10.2. The van der Waals surface area contributed by atoms with Gasteiger partial charge in [-0.2, -0.15) is 0 Å². The summed E-state index contributed by atoms with van der Waals surface area (Å²) in [6.45, 7) is 0.337. The first-order chi connectivity index (χ1) is 15.0. The summed E-state index contributed by atoms with van der Waals surface area (Å²) >= 11 is 3.35.